The zero-order valence-corrected chi connectivity index (χ0v) is 10.4. The minimum absolute atomic E-state index is 0.440. The Labute approximate surface area is 105 Å². The Kier molecular flexibility index (Phi) is 2.63. The van der Waals surface area contributed by atoms with Crippen LogP contribution in [0.4, 0.5) is 0 Å². The van der Waals surface area contributed by atoms with E-state index in [9.17, 15) is 0 Å². The summed E-state index contributed by atoms with van der Waals surface area (Å²) in [5, 5.41) is 8.58. The first kappa shape index (κ1) is 10.8. The number of nitrogens with zero attached hydrogens (tertiary/aromatic N) is 3. The molecule has 0 bridgehead atoms. The van der Waals surface area contributed by atoms with Gasteiger partial charge in [-0.3, -0.25) is 4.57 Å². The number of benzene rings is 1. The molecule has 0 radical (unpaired) electrons. The molecule has 2 unspecified atom stereocenters. The van der Waals surface area contributed by atoms with E-state index < -0.39 is 0 Å². The summed E-state index contributed by atoms with van der Waals surface area (Å²) in [6, 6.07) is 11.0. The molecular formula is C13H14ClN3. The summed E-state index contributed by atoms with van der Waals surface area (Å²) in [4.78, 5) is 0. The van der Waals surface area contributed by atoms with Crippen molar-refractivity contribution in [1.29, 1.82) is 0 Å². The van der Waals surface area contributed by atoms with Crippen LogP contribution in [0.5, 0.6) is 0 Å². The van der Waals surface area contributed by atoms with Crippen molar-refractivity contribution >= 4 is 11.6 Å². The molecule has 1 fully saturated rings. The molecule has 4 heteroatoms. The van der Waals surface area contributed by atoms with Gasteiger partial charge in [-0.05, 0) is 23.6 Å². The Hall–Kier alpha value is -1.35. The first-order valence-corrected chi connectivity index (χ1v) is 6.33. The van der Waals surface area contributed by atoms with Gasteiger partial charge >= 0.3 is 0 Å². The van der Waals surface area contributed by atoms with Crippen molar-refractivity contribution in [3.63, 3.8) is 0 Å². The van der Waals surface area contributed by atoms with E-state index in [-0.39, 0.29) is 0 Å². The van der Waals surface area contributed by atoms with E-state index in [0.29, 0.717) is 17.2 Å². The third-order valence-corrected chi connectivity index (χ3v) is 3.61. The summed E-state index contributed by atoms with van der Waals surface area (Å²) in [5.41, 5.74) is 1.38. The highest BCUT2D eigenvalue weighted by Crippen LogP contribution is 2.52. The van der Waals surface area contributed by atoms with Gasteiger partial charge in [-0.2, -0.15) is 0 Å². The van der Waals surface area contributed by atoms with Gasteiger partial charge in [0.15, 0.2) is 0 Å². The number of hydrogen-bond donors (Lipinski definition) is 0. The second kappa shape index (κ2) is 4.15. The van der Waals surface area contributed by atoms with Crippen LogP contribution in [0.3, 0.4) is 0 Å². The first-order valence-electron chi connectivity index (χ1n) is 5.95. The molecule has 0 aliphatic heterocycles. The lowest BCUT2D eigenvalue weighted by atomic mass is 10.1. The smallest absolute Gasteiger partial charge is 0.225 e. The summed E-state index contributed by atoms with van der Waals surface area (Å²) in [5.74, 6) is 1.55. The molecule has 1 aliphatic carbocycles. The monoisotopic (exact) mass is 247 g/mol. The standard InChI is InChI=1S/C13H14ClN3/c1-2-12-15-16-13(14)17(12)11-8-10(11)9-6-4-3-5-7-9/h3-7,10-11H,2,8H2,1H3. The van der Waals surface area contributed by atoms with E-state index in [2.05, 4.69) is 46.0 Å². The Balaban J connectivity index is 1.87. The van der Waals surface area contributed by atoms with Gasteiger partial charge in [0.1, 0.15) is 5.82 Å². The maximum atomic E-state index is 6.10. The molecule has 1 aromatic heterocycles. The quantitative estimate of drug-likeness (QED) is 0.834. The van der Waals surface area contributed by atoms with Crippen molar-refractivity contribution in [2.75, 3.05) is 0 Å². The van der Waals surface area contributed by atoms with Crippen LogP contribution in [0.1, 0.15) is 36.7 Å². The Morgan fingerprint density at radius 2 is 2.06 bits per heavy atom. The van der Waals surface area contributed by atoms with Crippen molar-refractivity contribution in [1.82, 2.24) is 14.8 Å². The highest BCUT2D eigenvalue weighted by Gasteiger charge is 2.42. The average molecular weight is 248 g/mol. The summed E-state index contributed by atoms with van der Waals surface area (Å²) >= 11 is 6.10. The van der Waals surface area contributed by atoms with Crippen molar-refractivity contribution in [3.05, 3.63) is 47.0 Å². The molecule has 1 aromatic carbocycles. The van der Waals surface area contributed by atoms with E-state index in [4.69, 9.17) is 11.6 Å². The number of aryl methyl sites for hydroxylation is 1. The summed E-state index contributed by atoms with van der Waals surface area (Å²) in [6.45, 7) is 2.08. The minimum atomic E-state index is 0.440. The van der Waals surface area contributed by atoms with E-state index in [0.717, 1.165) is 18.7 Å². The van der Waals surface area contributed by atoms with Gasteiger partial charge in [-0.15, -0.1) is 10.2 Å². The van der Waals surface area contributed by atoms with Crippen LogP contribution in [0.2, 0.25) is 5.28 Å². The second-order valence-corrected chi connectivity index (χ2v) is 4.77. The molecule has 3 rings (SSSR count). The number of rotatable bonds is 3. The van der Waals surface area contributed by atoms with Crippen LogP contribution < -0.4 is 0 Å². The maximum Gasteiger partial charge on any atom is 0.225 e. The largest absolute Gasteiger partial charge is 0.298 e. The third kappa shape index (κ3) is 1.84. The average Bonchev–Trinajstić information content (AvgIpc) is 3.07. The van der Waals surface area contributed by atoms with Crippen LogP contribution in [0.15, 0.2) is 30.3 Å². The van der Waals surface area contributed by atoms with E-state index in [1.165, 1.54) is 5.56 Å². The minimum Gasteiger partial charge on any atom is -0.298 e. The first-order chi connectivity index (χ1) is 8.31. The molecule has 0 saturated heterocycles. The lowest BCUT2D eigenvalue weighted by molar-refractivity contribution is 0.670. The molecule has 1 saturated carbocycles. The van der Waals surface area contributed by atoms with Gasteiger partial charge in [-0.25, -0.2) is 0 Å². The van der Waals surface area contributed by atoms with Gasteiger partial charge in [0.05, 0.1) is 0 Å². The van der Waals surface area contributed by atoms with E-state index >= 15 is 0 Å². The van der Waals surface area contributed by atoms with E-state index in [1.807, 2.05) is 6.07 Å². The molecule has 3 nitrogen and oxygen atoms in total. The fourth-order valence-corrected chi connectivity index (χ4v) is 2.66. The second-order valence-electron chi connectivity index (χ2n) is 4.43. The summed E-state index contributed by atoms with van der Waals surface area (Å²) < 4.78 is 2.08. The van der Waals surface area contributed by atoms with Crippen molar-refractivity contribution in [2.45, 2.75) is 31.7 Å². The lowest BCUT2D eigenvalue weighted by Gasteiger charge is -2.06. The Bertz CT molecular complexity index is 521. The third-order valence-electron chi connectivity index (χ3n) is 3.36. The van der Waals surface area contributed by atoms with Crippen LogP contribution >= 0.6 is 11.6 Å². The molecule has 88 valence electrons. The molecule has 1 heterocycles. The Morgan fingerprint density at radius 1 is 1.29 bits per heavy atom. The fraction of sp³-hybridized carbons (Fsp3) is 0.385. The molecule has 0 spiro atoms. The molecule has 2 atom stereocenters. The molecule has 2 aromatic rings. The number of halogens is 1. The zero-order chi connectivity index (χ0) is 11.8. The molecule has 1 aliphatic rings. The van der Waals surface area contributed by atoms with Gasteiger partial charge in [0, 0.05) is 18.4 Å². The number of hydrogen-bond acceptors (Lipinski definition) is 2. The molecular weight excluding hydrogens is 234 g/mol. The zero-order valence-electron chi connectivity index (χ0n) is 9.68. The van der Waals surface area contributed by atoms with Crippen molar-refractivity contribution in [3.8, 4) is 0 Å². The lowest BCUT2D eigenvalue weighted by Crippen LogP contribution is -2.02. The highest BCUT2D eigenvalue weighted by atomic mass is 35.5. The molecule has 0 N–H and O–H groups in total. The highest BCUT2D eigenvalue weighted by molar-refractivity contribution is 6.28. The van der Waals surface area contributed by atoms with Crippen LogP contribution in [-0.4, -0.2) is 14.8 Å². The number of aromatic nitrogens is 3. The predicted octanol–water partition coefficient (Wildman–Crippen LogP) is 3.22. The van der Waals surface area contributed by atoms with Gasteiger partial charge < -0.3 is 0 Å². The van der Waals surface area contributed by atoms with Crippen molar-refractivity contribution in [2.24, 2.45) is 0 Å². The maximum absolute atomic E-state index is 6.10. The predicted molar refractivity (Wildman–Crippen MR) is 67.2 cm³/mol. The van der Waals surface area contributed by atoms with Gasteiger partial charge in [-0.1, -0.05) is 37.3 Å². The van der Waals surface area contributed by atoms with Crippen LogP contribution in [0.25, 0.3) is 0 Å². The Morgan fingerprint density at radius 3 is 2.76 bits per heavy atom. The SMILES string of the molecule is CCc1nnc(Cl)n1C1CC1c1ccccc1. The summed E-state index contributed by atoms with van der Waals surface area (Å²) in [7, 11) is 0. The van der Waals surface area contributed by atoms with Crippen LogP contribution in [-0.2, 0) is 6.42 Å². The molecule has 17 heavy (non-hydrogen) atoms. The fourth-order valence-electron chi connectivity index (χ4n) is 2.40. The van der Waals surface area contributed by atoms with Gasteiger partial charge in [0.2, 0.25) is 5.28 Å². The normalized spacial score (nSPS) is 22.7. The van der Waals surface area contributed by atoms with Gasteiger partial charge in [0.25, 0.3) is 0 Å². The topological polar surface area (TPSA) is 30.7 Å². The van der Waals surface area contributed by atoms with Crippen molar-refractivity contribution < 1.29 is 0 Å². The molecule has 0 amide bonds. The van der Waals surface area contributed by atoms with E-state index in [1.54, 1.807) is 0 Å². The summed E-state index contributed by atoms with van der Waals surface area (Å²) in [6.07, 6.45) is 2.01. The van der Waals surface area contributed by atoms with Crippen LogP contribution in [0, 0.1) is 0 Å².